The summed E-state index contributed by atoms with van der Waals surface area (Å²) in [6.45, 7) is 7.99. The second kappa shape index (κ2) is 10.1. The largest absolute Gasteiger partial charge is 0.369 e. The van der Waals surface area contributed by atoms with Gasteiger partial charge in [0.2, 0.25) is 0 Å². The van der Waals surface area contributed by atoms with Crippen LogP contribution in [-0.4, -0.2) is 29.2 Å². The monoisotopic (exact) mass is 292 g/mol. The van der Waals surface area contributed by atoms with Crippen molar-refractivity contribution in [2.24, 2.45) is 5.92 Å². The van der Waals surface area contributed by atoms with Gasteiger partial charge in [-0.1, -0.05) is 39.5 Å². The number of nitrogens with one attached hydrogen (secondary N) is 2. The second-order valence-corrected chi connectivity index (χ2v) is 5.69. The summed E-state index contributed by atoms with van der Waals surface area (Å²) in [4.78, 5) is 11.9. The van der Waals surface area contributed by atoms with E-state index in [0.29, 0.717) is 18.1 Å². The average Bonchev–Trinajstić information content (AvgIpc) is 2.47. The number of rotatable bonds is 10. The van der Waals surface area contributed by atoms with Crippen LogP contribution in [0, 0.1) is 5.92 Å². The highest BCUT2D eigenvalue weighted by Gasteiger charge is 2.07. The van der Waals surface area contributed by atoms with Crippen molar-refractivity contribution in [3.63, 3.8) is 0 Å². The molecule has 0 aromatic carbocycles. The third-order valence-electron chi connectivity index (χ3n) is 3.25. The summed E-state index contributed by atoms with van der Waals surface area (Å²) in [6, 6.07) is 3.47. The summed E-state index contributed by atoms with van der Waals surface area (Å²) >= 11 is 0. The lowest BCUT2D eigenvalue weighted by Crippen LogP contribution is -2.25. The molecule has 0 fully saturated rings. The molecule has 0 saturated heterocycles. The van der Waals surface area contributed by atoms with Gasteiger partial charge < -0.3 is 10.6 Å². The maximum Gasteiger partial charge on any atom is 0.271 e. The van der Waals surface area contributed by atoms with Gasteiger partial charge in [-0.15, -0.1) is 10.2 Å². The number of nitrogens with zero attached hydrogens (tertiary/aromatic N) is 2. The van der Waals surface area contributed by atoms with E-state index in [1.807, 2.05) is 6.92 Å². The number of hydrogen-bond acceptors (Lipinski definition) is 4. The molecular weight excluding hydrogens is 264 g/mol. The van der Waals surface area contributed by atoms with Gasteiger partial charge in [-0.2, -0.15) is 0 Å². The van der Waals surface area contributed by atoms with Crippen LogP contribution in [0.3, 0.4) is 0 Å². The van der Waals surface area contributed by atoms with Crippen LogP contribution < -0.4 is 10.6 Å². The normalized spacial score (nSPS) is 10.7. The molecule has 1 amide bonds. The van der Waals surface area contributed by atoms with Crippen LogP contribution in [0.4, 0.5) is 5.82 Å². The van der Waals surface area contributed by atoms with Crippen LogP contribution in [-0.2, 0) is 0 Å². The molecule has 2 N–H and O–H groups in total. The maximum absolute atomic E-state index is 11.9. The molecule has 0 aliphatic rings. The Morgan fingerprint density at radius 3 is 2.52 bits per heavy atom. The van der Waals surface area contributed by atoms with E-state index in [0.717, 1.165) is 25.3 Å². The molecule has 0 aliphatic carbocycles. The van der Waals surface area contributed by atoms with Gasteiger partial charge in [-0.3, -0.25) is 4.79 Å². The Balaban J connectivity index is 2.15. The van der Waals surface area contributed by atoms with Crippen LogP contribution in [0.1, 0.15) is 63.4 Å². The molecule has 0 saturated carbocycles. The predicted octanol–water partition coefficient (Wildman–Crippen LogP) is 3.24. The van der Waals surface area contributed by atoms with Crippen LogP contribution in [0.2, 0.25) is 0 Å². The van der Waals surface area contributed by atoms with E-state index in [2.05, 4.69) is 34.7 Å². The minimum Gasteiger partial charge on any atom is -0.369 e. The highest BCUT2D eigenvalue weighted by atomic mass is 16.1. The molecule has 21 heavy (non-hydrogen) atoms. The Hall–Kier alpha value is -1.65. The zero-order valence-electron chi connectivity index (χ0n) is 13.5. The molecule has 0 spiro atoms. The summed E-state index contributed by atoms with van der Waals surface area (Å²) < 4.78 is 0. The SMILES string of the molecule is CCNc1ccc(C(=O)NCCCCCCC(C)C)nn1. The van der Waals surface area contributed by atoms with Crippen molar-refractivity contribution in [2.45, 2.75) is 52.9 Å². The average molecular weight is 292 g/mol. The standard InChI is InChI=1S/C16H28N4O/c1-4-17-15-11-10-14(19-20-15)16(21)18-12-8-6-5-7-9-13(2)3/h10-11,13H,4-9,12H2,1-3H3,(H,17,20)(H,18,21). The molecule has 0 atom stereocenters. The Morgan fingerprint density at radius 2 is 1.90 bits per heavy atom. The quantitative estimate of drug-likeness (QED) is 0.650. The summed E-state index contributed by atoms with van der Waals surface area (Å²) in [7, 11) is 0. The van der Waals surface area contributed by atoms with Gasteiger partial charge in [0, 0.05) is 13.1 Å². The number of carbonyl (C=O) groups is 1. The fourth-order valence-electron chi connectivity index (χ4n) is 2.05. The third kappa shape index (κ3) is 7.63. The highest BCUT2D eigenvalue weighted by Crippen LogP contribution is 2.09. The van der Waals surface area contributed by atoms with Crippen molar-refractivity contribution in [2.75, 3.05) is 18.4 Å². The van der Waals surface area contributed by atoms with Gasteiger partial charge in [0.25, 0.3) is 5.91 Å². The number of amides is 1. The molecule has 5 nitrogen and oxygen atoms in total. The Kier molecular flexibility index (Phi) is 8.40. The number of hydrogen-bond donors (Lipinski definition) is 2. The van der Waals surface area contributed by atoms with E-state index in [4.69, 9.17) is 0 Å². The molecular formula is C16H28N4O. The van der Waals surface area contributed by atoms with E-state index in [1.54, 1.807) is 12.1 Å². The molecule has 1 aromatic rings. The minimum absolute atomic E-state index is 0.146. The summed E-state index contributed by atoms with van der Waals surface area (Å²) in [5, 5.41) is 13.8. The van der Waals surface area contributed by atoms with Crippen molar-refractivity contribution >= 4 is 11.7 Å². The molecule has 5 heteroatoms. The Morgan fingerprint density at radius 1 is 1.14 bits per heavy atom. The number of anilines is 1. The van der Waals surface area contributed by atoms with E-state index >= 15 is 0 Å². The first-order valence-corrected chi connectivity index (χ1v) is 7.99. The lowest BCUT2D eigenvalue weighted by Gasteiger charge is -2.06. The van der Waals surface area contributed by atoms with Gasteiger partial charge in [0.05, 0.1) is 0 Å². The lowest BCUT2D eigenvalue weighted by atomic mass is 10.0. The molecule has 0 radical (unpaired) electrons. The van der Waals surface area contributed by atoms with Crippen molar-refractivity contribution in [1.82, 2.24) is 15.5 Å². The number of unbranched alkanes of at least 4 members (excludes halogenated alkanes) is 3. The van der Waals surface area contributed by atoms with Crippen molar-refractivity contribution < 1.29 is 4.79 Å². The fourth-order valence-corrected chi connectivity index (χ4v) is 2.05. The summed E-state index contributed by atoms with van der Waals surface area (Å²) in [5.74, 6) is 1.33. The van der Waals surface area contributed by atoms with Crippen molar-refractivity contribution in [3.8, 4) is 0 Å². The first kappa shape index (κ1) is 17.4. The number of carbonyl (C=O) groups excluding carboxylic acids is 1. The van der Waals surface area contributed by atoms with Crippen molar-refractivity contribution in [1.29, 1.82) is 0 Å². The maximum atomic E-state index is 11.9. The molecule has 118 valence electrons. The smallest absolute Gasteiger partial charge is 0.271 e. The molecule has 1 heterocycles. The topological polar surface area (TPSA) is 66.9 Å². The van der Waals surface area contributed by atoms with Crippen LogP contribution in [0.25, 0.3) is 0 Å². The van der Waals surface area contributed by atoms with E-state index in [9.17, 15) is 4.79 Å². The zero-order chi connectivity index (χ0) is 15.5. The Bertz CT molecular complexity index is 403. The molecule has 0 bridgehead atoms. The molecule has 1 aromatic heterocycles. The number of aromatic nitrogens is 2. The van der Waals surface area contributed by atoms with E-state index in [1.165, 1.54) is 19.3 Å². The molecule has 0 unspecified atom stereocenters. The predicted molar refractivity (Wildman–Crippen MR) is 86.5 cm³/mol. The molecule has 0 aliphatic heterocycles. The fraction of sp³-hybridized carbons (Fsp3) is 0.688. The van der Waals surface area contributed by atoms with Crippen LogP contribution >= 0.6 is 0 Å². The van der Waals surface area contributed by atoms with Gasteiger partial charge in [0.15, 0.2) is 5.69 Å². The van der Waals surface area contributed by atoms with Gasteiger partial charge in [-0.25, -0.2) is 0 Å². The summed E-state index contributed by atoms with van der Waals surface area (Å²) in [6.07, 6.45) is 6.00. The van der Waals surface area contributed by atoms with Gasteiger partial charge in [-0.05, 0) is 31.4 Å². The highest BCUT2D eigenvalue weighted by molar-refractivity contribution is 5.92. The van der Waals surface area contributed by atoms with Crippen LogP contribution in [0.5, 0.6) is 0 Å². The second-order valence-electron chi connectivity index (χ2n) is 5.69. The van der Waals surface area contributed by atoms with E-state index in [-0.39, 0.29) is 5.91 Å². The Labute approximate surface area is 127 Å². The zero-order valence-corrected chi connectivity index (χ0v) is 13.5. The minimum atomic E-state index is -0.146. The lowest BCUT2D eigenvalue weighted by molar-refractivity contribution is 0.0947. The molecule has 1 rings (SSSR count). The van der Waals surface area contributed by atoms with E-state index < -0.39 is 0 Å². The van der Waals surface area contributed by atoms with Crippen LogP contribution in [0.15, 0.2) is 12.1 Å². The van der Waals surface area contributed by atoms with Gasteiger partial charge in [0.1, 0.15) is 5.82 Å². The first-order valence-electron chi connectivity index (χ1n) is 7.99. The van der Waals surface area contributed by atoms with Gasteiger partial charge >= 0.3 is 0 Å². The third-order valence-corrected chi connectivity index (χ3v) is 3.25. The first-order chi connectivity index (χ1) is 10.1. The van der Waals surface area contributed by atoms with Crippen molar-refractivity contribution in [3.05, 3.63) is 17.8 Å². The summed E-state index contributed by atoms with van der Waals surface area (Å²) in [5.41, 5.74) is 0.372.